The largest absolute Gasteiger partial charge is 0.398 e. The maximum absolute atomic E-state index is 5.86. The Balaban J connectivity index is 2.08. The van der Waals surface area contributed by atoms with Crippen LogP contribution in [0.5, 0.6) is 0 Å². The zero-order valence-corrected chi connectivity index (χ0v) is 10.3. The lowest BCUT2D eigenvalue weighted by molar-refractivity contribution is 0.788. The number of aryl methyl sites for hydroxylation is 1. The molecule has 2 aromatic rings. The van der Waals surface area contributed by atoms with Crippen LogP contribution in [-0.2, 0) is 12.8 Å². The highest BCUT2D eigenvalue weighted by atomic mass is 35.5. The van der Waals surface area contributed by atoms with Crippen molar-refractivity contribution in [1.29, 1.82) is 0 Å². The summed E-state index contributed by atoms with van der Waals surface area (Å²) < 4.78 is 1.87. The summed E-state index contributed by atoms with van der Waals surface area (Å²) in [6.07, 6.45) is 1.67. The molecule has 4 nitrogen and oxygen atoms in total. The van der Waals surface area contributed by atoms with Crippen LogP contribution in [0.15, 0.2) is 29.7 Å². The van der Waals surface area contributed by atoms with Crippen molar-refractivity contribution < 1.29 is 0 Å². The standard InChI is InChI=1S/C10H11ClN4S/c1-15-6-13-14-10(15)16-5-7-2-3-8(11)4-9(7)12/h2-4,6H,5,12H2,1H3. The average molecular weight is 255 g/mol. The highest BCUT2D eigenvalue weighted by Gasteiger charge is 2.04. The van der Waals surface area contributed by atoms with Gasteiger partial charge in [-0.3, -0.25) is 0 Å². The summed E-state index contributed by atoms with van der Waals surface area (Å²) in [5, 5.41) is 9.32. The Labute approximate surface area is 103 Å². The van der Waals surface area contributed by atoms with E-state index >= 15 is 0 Å². The predicted octanol–water partition coefficient (Wildman–Crippen LogP) is 2.34. The summed E-state index contributed by atoms with van der Waals surface area (Å²) >= 11 is 7.42. The molecule has 1 aromatic carbocycles. The average Bonchev–Trinajstić information content (AvgIpc) is 2.63. The van der Waals surface area contributed by atoms with Gasteiger partial charge in [-0.2, -0.15) is 0 Å². The fourth-order valence-electron chi connectivity index (χ4n) is 1.24. The van der Waals surface area contributed by atoms with Crippen LogP contribution in [-0.4, -0.2) is 14.8 Å². The summed E-state index contributed by atoms with van der Waals surface area (Å²) in [6, 6.07) is 5.53. The SMILES string of the molecule is Cn1cnnc1SCc1ccc(Cl)cc1N. The van der Waals surface area contributed by atoms with Crippen LogP contribution in [0.2, 0.25) is 5.02 Å². The predicted molar refractivity (Wildman–Crippen MR) is 66.4 cm³/mol. The van der Waals surface area contributed by atoms with E-state index in [1.165, 1.54) is 0 Å². The van der Waals surface area contributed by atoms with Gasteiger partial charge in [-0.15, -0.1) is 10.2 Å². The first-order valence-corrected chi connectivity index (χ1v) is 6.04. The molecule has 0 spiro atoms. The van der Waals surface area contributed by atoms with E-state index in [0.717, 1.165) is 16.5 Å². The molecule has 1 aromatic heterocycles. The minimum Gasteiger partial charge on any atom is -0.398 e. The number of anilines is 1. The second-order valence-corrected chi connectivity index (χ2v) is 4.74. The third kappa shape index (κ3) is 2.48. The fourth-order valence-corrected chi connectivity index (χ4v) is 2.33. The van der Waals surface area contributed by atoms with Gasteiger partial charge in [0, 0.05) is 23.5 Å². The minimum atomic E-state index is 0.657. The zero-order valence-electron chi connectivity index (χ0n) is 8.72. The first-order valence-electron chi connectivity index (χ1n) is 4.67. The van der Waals surface area contributed by atoms with Gasteiger partial charge in [-0.05, 0) is 17.7 Å². The van der Waals surface area contributed by atoms with E-state index in [2.05, 4.69) is 10.2 Å². The summed E-state index contributed by atoms with van der Waals surface area (Å²) in [7, 11) is 1.91. The molecular formula is C10H11ClN4S. The summed E-state index contributed by atoms with van der Waals surface area (Å²) in [4.78, 5) is 0. The number of hydrogen-bond acceptors (Lipinski definition) is 4. The van der Waals surface area contributed by atoms with Crippen molar-refractivity contribution in [2.45, 2.75) is 10.9 Å². The molecule has 0 aliphatic rings. The molecule has 0 unspecified atom stereocenters. The quantitative estimate of drug-likeness (QED) is 0.675. The number of aromatic nitrogens is 3. The van der Waals surface area contributed by atoms with Crippen LogP contribution in [0.1, 0.15) is 5.56 Å². The Hall–Kier alpha value is -1.20. The Kier molecular flexibility index (Phi) is 3.36. The molecule has 2 rings (SSSR count). The lowest BCUT2D eigenvalue weighted by Crippen LogP contribution is -1.94. The first-order chi connectivity index (χ1) is 7.66. The second kappa shape index (κ2) is 4.76. The van der Waals surface area contributed by atoms with Gasteiger partial charge in [0.1, 0.15) is 6.33 Å². The summed E-state index contributed by atoms with van der Waals surface area (Å²) in [6.45, 7) is 0. The molecule has 0 bridgehead atoms. The Morgan fingerprint density at radius 2 is 2.31 bits per heavy atom. The lowest BCUT2D eigenvalue weighted by atomic mass is 10.2. The fraction of sp³-hybridized carbons (Fsp3) is 0.200. The molecule has 0 fully saturated rings. The lowest BCUT2D eigenvalue weighted by Gasteiger charge is -2.05. The highest BCUT2D eigenvalue weighted by molar-refractivity contribution is 7.98. The monoisotopic (exact) mass is 254 g/mol. The first kappa shape index (κ1) is 11.3. The maximum Gasteiger partial charge on any atom is 0.191 e. The highest BCUT2D eigenvalue weighted by Crippen LogP contribution is 2.25. The number of nitrogen functional groups attached to an aromatic ring is 1. The van der Waals surface area contributed by atoms with Crippen LogP contribution < -0.4 is 5.73 Å². The maximum atomic E-state index is 5.86. The van der Waals surface area contributed by atoms with Crippen LogP contribution >= 0.6 is 23.4 Å². The molecule has 1 heterocycles. The number of benzene rings is 1. The van der Waals surface area contributed by atoms with Gasteiger partial charge in [0.25, 0.3) is 0 Å². The van der Waals surface area contributed by atoms with E-state index in [0.29, 0.717) is 10.7 Å². The number of halogens is 1. The van der Waals surface area contributed by atoms with E-state index in [-0.39, 0.29) is 0 Å². The summed E-state index contributed by atoms with van der Waals surface area (Å²) in [5.41, 5.74) is 7.62. The summed E-state index contributed by atoms with van der Waals surface area (Å²) in [5.74, 6) is 0.759. The van der Waals surface area contributed by atoms with Crippen molar-refractivity contribution >= 4 is 29.1 Å². The van der Waals surface area contributed by atoms with Crippen LogP contribution in [0.25, 0.3) is 0 Å². The Morgan fingerprint density at radius 3 is 2.94 bits per heavy atom. The third-order valence-corrected chi connectivity index (χ3v) is 3.45. The number of thioether (sulfide) groups is 1. The van der Waals surface area contributed by atoms with Crippen molar-refractivity contribution in [3.05, 3.63) is 35.1 Å². The van der Waals surface area contributed by atoms with Gasteiger partial charge >= 0.3 is 0 Å². The normalized spacial score (nSPS) is 10.6. The smallest absolute Gasteiger partial charge is 0.191 e. The van der Waals surface area contributed by atoms with Crippen LogP contribution in [0.3, 0.4) is 0 Å². The van der Waals surface area contributed by atoms with E-state index < -0.39 is 0 Å². The molecular weight excluding hydrogens is 244 g/mol. The third-order valence-electron chi connectivity index (χ3n) is 2.13. The molecule has 2 N–H and O–H groups in total. The van der Waals surface area contributed by atoms with Gasteiger partial charge in [-0.25, -0.2) is 0 Å². The van der Waals surface area contributed by atoms with E-state index in [9.17, 15) is 0 Å². The Morgan fingerprint density at radius 1 is 1.50 bits per heavy atom. The Bertz CT molecular complexity index is 497. The van der Waals surface area contributed by atoms with Crippen molar-refractivity contribution in [3.63, 3.8) is 0 Å². The van der Waals surface area contributed by atoms with E-state index in [4.69, 9.17) is 17.3 Å². The van der Waals surface area contributed by atoms with Crippen LogP contribution in [0.4, 0.5) is 5.69 Å². The van der Waals surface area contributed by atoms with Crippen molar-refractivity contribution in [2.75, 3.05) is 5.73 Å². The molecule has 0 atom stereocenters. The number of nitrogens with zero attached hydrogens (tertiary/aromatic N) is 3. The molecule has 84 valence electrons. The molecule has 6 heteroatoms. The molecule has 0 saturated carbocycles. The molecule has 0 amide bonds. The molecule has 0 aliphatic heterocycles. The van der Waals surface area contributed by atoms with Gasteiger partial charge in [0.05, 0.1) is 0 Å². The minimum absolute atomic E-state index is 0.657. The van der Waals surface area contributed by atoms with Gasteiger partial charge in [0.15, 0.2) is 5.16 Å². The van der Waals surface area contributed by atoms with Gasteiger partial charge in [-0.1, -0.05) is 29.4 Å². The topological polar surface area (TPSA) is 56.7 Å². The second-order valence-electron chi connectivity index (χ2n) is 3.36. The molecule has 0 saturated heterocycles. The van der Waals surface area contributed by atoms with Crippen LogP contribution in [0, 0.1) is 0 Å². The van der Waals surface area contributed by atoms with Crippen molar-refractivity contribution in [3.8, 4) is 0 Å². The number of hydrogen-bond donors (Lipinski definition) is 1. The molecule has 16 heavy (non-hydrogen) atoms. The number of nitrogens with two attached hydrogens (primary N) is 1. The van der Waals surface area contributed by atoms with Gasteiger partial charge in [0.2, 0.25) is 0 Å². The zero-order chi connectivity index (χ0) is 11.5. The van der Waals surface area contributed by atoms with E-state index in [1.54, 1.807) is 24.2 Å². The van der Waals surface area contributed by atoms with Gasteiger partial charge < -0.3 is 10.3 Å². The van der Waals surface area contributed by atoms with Crippen molar-refractivity contribution in [2.24, 2.45) is 7.05 Å². The molecule has 0 radical (unpaired) electrons. The molecule has 0 aliphatic carbocycles. The van der Waals surface area contributed by atoms with Crippen molar-refractivity contribution in [1.82, 2.24) is 14.8 Å². The van der Waals surface area contributed by atoms with E-state index in [1.807, 2.05) is 23.7 Å². The number of rotatable bonds is 3.